The van der Waals surface area contributed by atoms with Gasteiger partial charge in [-0.1, -0.05) is 0 Å². The van der Waals surface area contributed by atoms with E-state index < -0.39 is 17.5 Å². The van der Waals surface area contributed by atoms with Crippen LogP contribution in [0.4, 0.5) is 0 Å². The number of carbonyl (C=O) groups is 2. The summed E-state index contributed by atoms with van der Waals surface area (Å²) in [5.41, 5.74) is 4.98. The van der Waals surface area contributed by atoms with Crippen molar-refractivity contribution in [1.82, 2.24) is 5.32 Å². The Labute approximate surface area is 87.8 Å². The molecule has 1 amide bonds. The first kappa shape index (κ1) is 11.9. The molecule has 0 heterocycles. The van der Waals surface area contributed by atoms with E-state index in [9.17, 15) is 14.7 Å². The number of amides is 1. The summed E-state index contributed by atoms with van der Waals surface area (Å²) >= 11 is 0. The maximum absolute atomic E-state index is 11.5. The first-order valence-electron chi connectivity index (χ1n) is 4.80. The van der Waals surface area contributed by atoms with E-state index in [2.05, 4.69) is 10.1 Å². The SMILES string of the molecule is COC(=O)C(O)CNC(=O)C1(CN)CC1. The van der Waals surface area contributed by atoms with Crippen LogP contribution in [0, 0.1) is 5.41 Å². The van der Waals surface area contributed by atoms with E-state index in [0.29, 0.717) is 6.54 Å². The van der Waals surface area contributed by atoms with E-state index in [1.807, 2.05) is 0 Å². The topological polar surface area (TPSA) is 102 Å². The second kappa shape index (κ2) is 4.59. The molecule has 86 valence electrons. The van der Waals surface area contributed by atoms with Gasteiger partial charge in [-0.15, -0.1) is 0 Å². The molecule has 1 fully saturated rings. The molecule has 0 aromatic heterocycles. The van der Waals surface area contributed by atoms with Crippen LogP contribution in [0.15, 0.2) is 0 Å². The second-order valence-electron chi connectivity index (χ2n) is 3.73. The van der Waals surface area contributed by atoms with Crippen LogP contribution in [0.1, 0.15) is 12.8 Å². The molecule has 6 heteroatoms. The van der Waals surface area contributed by atoms with Crippen LogP contribution in [0.3, 0.4) is 0 Å². The zero-order valence-corrected chi connectivity index (χ0v) is 8.66. The van der Waals surface area contributed by atoms with E-state index in [0.717, 1.165) is 12.8 Å². The van der Waals surface area contributed by atoms with Crippen LogP contribution in [0.25, 0.3) is 0 Å². The van der Waals surface area contributed by atoms with Crippen molar-refractivity contribution >= 4 is 11.9 Å². The maximum Gasteiger partial charge on any atom is 0.336 e. The highest BCUT2D eigenvalue weighted by Crippen LogP contribution is 2.44. The van der Waals surface area contributed by atoms with Crippen molar-refractivity contribution in [3.63, 3.8) is 0 Å². The smallest absolute Gasteiger partial charge is 0.336 e. The number of ether oxygens (including phenoxy) is 1. The van der Waals surface area contributed by atoms with Crippen molar-refractivity contribution < 1.29 is 19.4 Å². The van der Waals surface area contributed by atoms with Crippen LogP contribution in [-0.2, 0) is 14.3 Å². The predicted molar refractivity (Wildman–Crippen MR) is 51.8 cm³/mol. The summed E-state index contributed by atoms with van der Waals surface area (Å²) in [5.74, 6) is -0.958. The predicted octanol–water partition coefficient (Wildman–Crippen LogP) is -1.62. The van der Waals surface area contributed by atoms with Crippen LogP contribution < -0.4 is 11.1 Å². The molecule has 0 saturated heterocycles. The molecular weight excluding hydrogens is 200 g/mol. The highest BCUT2D eigenvalue weighted by molar-refractivity contribution is 5.86. The third-order valence-corrected chi connectivity index (χ3v) is 2.66. The molecule has 1 aliphatic carbocycles. The summed E-state index contributed by atoms with van der Waals surface area (Å²) in [6, 6.07) is 0. The van der Waals surface area contributed by atoms with Gasteiger partial charge in [0.2, 0.25) is 5.91 Å². The molecule has 0 aliphatic heterocycles. The fourth-order valence-electron chi connectivity index (χ4n) is 1.27. The molecule has 1 aliphatic rings. The molecule has 0 radical (unpaired) electrons. The van der Waals surface area contributed by atoms with E-state index >= 15 is 0 Å². The van der Waals surface area contributed by atoms with Gasteiger partial charge >= 0.3 is 5.97 Å². The number of hydrogen-bond donors (Lipinski definition) is 3. The number of aliphatic hydroxyl groups is 1. The number of aliphatic hydroxyl groups excluding tert-OH is 1. The third-order valence-electron chi connectivity index (χ3n) is 2.66. The van der Waals surface area contributed by atoms with Crippen molar-refractivity contribution in [2.45, 2.75) is 18.9 Å². The quantitative estimate of drug-likeness (QED) is 0.479. The van der Waals surface area contributed by atoms with Gasteiger partial charge in [-0.3, -0.25) is 4.79 Å². The van der Waals surface area contributed by atoms with Gasteiger partial charge in [0.15, 0.2) is 6.10 Å². The van der Waals surface area contributed by atoms with Gasteiger partial charge in [-0.2, -0.15) is 0 Å². The molecule has 6 nitrogen and oxygen atoms in total. The highest BCUT2D eigenvalue weighted by atomic mass is 16.5. The Morgan fingerprint density at radius 3 is 2.60 bits per heavy atom. The highest BCUT2D eigenvalue weighted by Gasteiger charge is 2.48. The molecule has 4 N–H and O–H groups in total. The monoisotopic (exact) mass is 216 g/mol. The van der Waals surface area contributed by atoms with Crippen molar-refractivity contribution in [2.24, 2.45) is 11.1 Å². The molecule has 0 aromatic carbocycles. The Balaban J connectivity index is 2.31. The zero-order chi connectivity index (χ0) is 11.5. The van der Waals surface area contributed by atoms with Crippen LogP contribution >= 0.6 is 0 Å². The minimum Gasteiger partial charge on any atom is -0.467 e. The van der Waals surface area contributed by atoms with Gasteiger partial charge in [0.1, 0.15) is 0 Å². The summed E-state index contributed by atoms with van der Waals surface area (Å²) in [6.45, 7) is 0.167. The number of hydrogen-bond acceptors (Lipinski definition) is 5. The molecule has 1 rings (SSSR count). The number of nitrogens with one attached hydrogen (secondary N) is 1. The normalized spacial score (nSPS) is 19.1. The zero-order valence-electron chi connectivity index (χ0n) is 8.66. The average molecular weight is 216 g/mol. The van der Waals surface area contributed by atoms with Crippen molar-refractivity contribution in [2.75, 3.05) is 20.2 Å². The lowest BCUT2D eigenvalue weighted by molar-refractivity contribution is -0.150. The summed E-state index contributed by atoms with van der Waals surface area (Å²) in [6.07, 6.45) is 0.223. The van der Waals surface area contributed by atoms with Crippen molar-refractivity contribution in [3.05, 3.63) is 0 Å². The first-order chi connectivity index (χ1) is 7.05. The Kier molecular flexibility index (Phi) is 3.65. The lowest BCUT2D eigenvalue weighted by atomic mass is 10.1. The first-order valence-corrected chi connectivity index (χ1v) is 4.80. The Bertz CT molecular complexity index is 263. The van der Waals surface area contributed by atoms with Gasteiger partial charge in [-0.25, -0.2) is 4.79 Å². The fourth-order valence-corrected chi connectivity index (χ4v) is 1.27. The Hall–Kier alpha value is -1.14. The summed E-state index contributed by atoms with van der Waals surface area (Å²) < 4.78 is 4.31. The van der Waals surface area contributed by atoms with Gasteiger partial charge in [-0.05, 0) is 12.8 Å². The van der Waals surface area contributed by atoms with E-state index in [4.69, 9.17) is 5.73 Å². The number of rotatable bonds is 5. The largest absolute Gasteiger partial charge is 0.467 e. The molecule has 15 heavy (non-hydrogen) atoms. The molecule has 0 aromatic rings. The van der Waals surface area contributed by atoms with Crippen molar-refractivity contribution in [1.29, 1.82) is 0 Å². The van der Waals surface area contributed by atoms with Crippen LogP contribution in [0.2, 0.25) is 0 Å². The lowest BCUT2D eigenvalue weighted by Gasteiger charge is -2.14. The van der Waals surface area contributed by atoms with Gasteiger partial charge in [0.05, 0.1) is 19.1 Å². The minimum atomic E-state index is -1.31. The number of esters is 1. The molecule has 1 atom stereocenters. The van der Waals surface area contributed by atoms with Crippen LogP contribution in [-0.4, -0.2) is 43.3 Å². The molecule has 0 spiro atoms. The Morgan fingerprint density at radius 2 is 2.20 bits per heavy atom. The van der Waals surface area contributed by atoms with Crippen molar-refractivity contribution in [3.8, 4) is 0 Å². The molecule has 1 saturated carbocycles. The standard InChI is InChI=1S/C9H16N2O4/c1-15-7(13)6(12)4-11-8(14)9(5-10)2-3-9/h6,12H,2-5,10H2,1H3,(H,11,14). The third kappa shape index (κ3) is 2.66. The van der Waals surface area contributed by atoms with Crippen LogP contribution in [0.5, 0.6) is 0 Å². The fraction of sp³-hybridized carbons (Fsp3) is 0.778. The van der Waals surface area contributed by atoms with E-state index in [-0.39, 0.29) is 12.5 Å². The minimum absolute atomic E-state index is 0.132. The maximum atomic E-state index is 11.5. The summed E-state index contributed by atoms with van der Waals surface area (Å²) in [7, 11) is 1.18. The molecular formula is C9H16N2O4. The number of carbonyl (C=O) groups excluding carboxylic acids is 2. The summed E-state index contributed by atoms with van der Waals surface area (Å²) in [4.78, 5) is 22.3. The lowest BCUT2D eigenvalue weighted by Crippen LogP contribution is -2.42. The average Bonchev–Trinajstić information content (AvgIpc) is 3.04. The van der Waals surface area contributed by atoms with Gasteiger partial charge in [0, 0.05) is 6.54 Å². The second-order valence-corrected chi connectivity index (χ2v) is 3.73. The van der Waals surface area contributed by atoms with E-state index in [1.165, 1.54) is 7.11 Å². The van der Waals surface area contributed by atoms with Gasteiger partial charge in [0.25, 0.3) is 0 Å². The van der Waals surface area contributed by atoms with E-state index in [1.54, 1.807) is 0 Å². The molecule has 1 unspecified atom stereocenters. The molecule has 0 bridgehead atoms. The number of nitrogens with two attached hydrogens (primary N) is 1. The number of methoxy groups -OCH3 is 1. The van der Waals surface area contributed by atoms with Gasteiger partial charge < -0.3 is 20.9 Å². The Morgan fingerprint density at radius 1 is 1.60 bits per heavy atom. The summed E-state index contributed by atoms with van der Waals surface area (Å²) in [5, 5.41) is 11.7.